The van der Waals surface area contributed by atoms with E-state index < -0.39 is 11.0 Å². The second-order valence-corrected chi connectivity index (χ2v) is 20.1. The molecule has 9 rings (SSSR count). The van der Waals surface area contributed by atoms with Gasteiger partial charge < -0.3 is 34.2 Å². The van der Waals surface area contributed by atoms with Crippen molar-refractivity contribution >= 4 is 40.4 Å². The number of carbonyl (C=O) groups is 3. The molecule has 1 N–H and O–H groups in total. The average Bonchev–Trinajstić information content (AvgIpc) is 3.83. The predicted molar refractivity (Wildman–Crippen MR) is 227 cm³/mol. The van der Waals surface area contributed by atoms with E-state index in [0.717, 1.165) is 77.9 Å². The molecule has 2 aliphatic carbocycles. The second kappa shape index (κ2) is 14.8. The number of nitrogens with zero attached hydrogens (tertiary/aromatic N) is 7. The topological polar surface area (TPSA) is 116 Å². The molecule has 6 heterocycles. The van der Waals surface area contributed by atoms with Gasteiger partial charge in [0, 0.05) is 68.0 Å². The summed E-state index contributed by atoms with van der Waals surface area (Å²) in [5.41, 5.74) is 4.62. The number of hydrogen-bond acceptors (Lipinski definition) is 8. The minimum absolute atomic E-state index is 0.154. The van der Waals surface area contributed by atoms with Crippen LogP contribution in [0, 0.1) is 5.41 Å². The van der Waals surface area contributed by atoms with Crippen LogP contribution in [0.5, 0.6) is 0 Å². The first-order valence-electron chi connectivity index (χ1n) is 22.3. The van der Waals surface area contributed by atoms with Crippen molar-refractivity contribution in [2.45, 2.75) is 154 Å². The van der Waals surface area contributed by atoms with Gasteiger partial charge in [-0.1, -0.05) is 25.5 Å². The van der Waals surface area contributed by atoms with Crippen molar-refractivity contribution in [3.05, 3.63) is 36.2 Å². The monoisotopic (exact) mass is 793 g/mol. The summed E-state index contributed by atoms with van der Waals surface area (Å²) in [6.45, 7) is 16.8. The molecule has 4 aliphatic heterocycles. The van der Waals surface area contributed by atoms with Crippen LogP contribution in [-0.4, -0.2) is 110 Å². The number of benzene rings is 1. The maximum Gasteiger partial charge on any atom is 0.410 e. The van der Waals surface area contributed by atoms with E-state index in [1.165, 1.54) is 32.4 Å². The number of piperidine rings is 3. The number of fused-ring (bicyclic) bond motifs is 3. The Balaban J connectivity index is 0.954. The molecule has 0 bridgehead atoms. The quantitative estimate of drug-likeness (QED) is 0.245. The van der Waals surface area contributed by atoms with Gasteiger partial charge in [0.15, 0.2) is 5.82 Å². The van der Waals surface area contributed by atoms with Gasteiger partial charge >= 0.3 is 6.09 Å². The largest absolute Gasteiger partial charge is 0.444 e. The molecule has 1 spiro atoms. The lowest BCUT2D eigenvalue weighted by Crippen LogP contribution is -2.58. The zero-order valence-corrected chi connectivity index (χ0v) is 35.7. The summed E-state index contributed by atoms with van der Waals surface area (Å²) < 4.78 is 7.81. The molecule has 3 aromatic rings. The van der Waals surface area contributed by atoms with Crippen LogP contribution in [0.15, 0.2) is 30.6 Å². The van der Waals surface area contributed by atoms with Gasteiger partial charge in [-0.2, -0.15) is 0 Å². The van der Waals surface area contributed by atoms with Crippen molar-refractivity contribution in [1.29, 1.82) is 0 Å². The molecular weight excluding hydrogens is 729 g/mol. The Morgan fingerprint density at radius 2 is 1.60 bits per heavy atom. The van der Waals surface area contributed by atoms with E-state index >= 15 is 4.79 Å². The van der Waals surface area contributed by atoms with E-state index in [9.17, 15) is 9.59 Å². The third-order valence-electron chi connectivity index (χ3n) is 14.3. The van der Waals surface area contributed by atoms with E-state index in [0.29, 0.717) is 57.5 Å². The standard InChI is InChI=1S/C46H64N8O4/c1-30(2)53-29-47-37-27-36(49-41(40(37)53)48-32-11-12-32)31-10-13-35-38(24-31)54(34-25-33(26-34)50-18-8-7-9-19-50)42(56)46(35)16-22-51(23-17-46)39(55)28-45(6)14-20-52(21-15-45)43(57)58-44(3,4)5/h10,13,24,27,29-30,32-34H,7-9,11-12,14-23,25-26,28H2,1-6H3,(H,48,49)/t33-,34+. The molecule has 2 saturated carbocycles. The molecule has 3 saturated heterocycles. The summed E-state index contributed by atoms with van der Waals surface area (Å²) in [5.74, 6) is 1.25. The number of aromatic nitrogens is 3. The third kappa shape index (κ3) is 7.36. The number of likely N-dealkylation sites (tertiary alicyclic amines) is 3. The SMILES string of the molecule is CC(C)n1cnc2cc(-c3ccc4c(c3)N([C@H]3C[C@@H](N5CCCCC5)C3)C(=O)C43CCN(C(=O)CC4(C)CCN(C(=O)OC(C)(C)C)CC4)CC3)nc(NC3CC3)c21. The molecule has 0 radical (unpaired) electrons. The predicted octanol–water partition coefficient (Wildman–Crippen LogP) is 7.90. The fourth-order valence-electron chi connectivity index (χ4n) is 10.4. The Morgan fingerprint density at radius 3 is 2.26 bits per heavy atom. The van der Waals surface area contributed by atoms with Crippen LogP contribution >= 0.6 is 0 Å². The molecule has 6 aliphatic rings. The molecule has 1 aromatic carbocycles. The first-order chi connectivity index (χ1) is 27.7. The second-order valence-electron chi connectivity index (χ2n) is 20.1. The number of hydrogen-bond donors (Lipinski definition) is 1. The number of ether oxygens (including phenoxy) is 1. The Hall–Kier alpha value is -4.19. The van der Waals surface area contributed by atoms with Crippen LogP contribution in [0.25, 0.3) is 22.3 Å². The summed E-state index contributed by atoms with van der Waals surface area (Å²) in [5, 5.41) is 3.70. The highest BCUT2D eigenvalue weighted by atomic mass is 16.6. The van der Waals surface area contributed by atoms with Gasteiger partial charge in [-0.3, -0.25) is 9.59 Å². The number of pyridine rings is 1. The molecule has 12 nitrogen and oxygen atoms in total. The zero-order chi connectivity index (χ0) is 40.6. The lowest BCUT2D eigenvalue weighted by atomic mass is 9.72. The average molecular weight is 793 g/mol. The van der Waals surface area contributed by atoms with E-state index in [-0.39, 0.29) is 35.4 Å². The van der Waals surface area contributed by atoms with Gasteiger partial charge in [0.05, 0.1) is 23.0 Å². The van der Waals surface area contributed by atoms with E-state index in [1.807, 2.05) is 32.0 Å². The highest BCUT2D eigenvalue weighted by molar-refractivity contribution is 6.09. The van der Waals surface area contributed by atoms with Crippen molar-refractivity contribution in [2.24, 2.45) is 5.41 Å². The van der Waals surface area contributed by atoms with E-state index in [2.05, 4.69) is 64.7 Å². The van der Waals surface area contributed by atoms with Crippen LogP contribution in [0.3, 0.4) is 0 Å². The first-order valence-corrected chi connectivity index (χ1v) is 22.3. The molecule has 0 atom stereocenters. The maximum absolute atomic E-state index is 15.1. The van der Waals surface area contributed by atoms with Crippen molar-refractivity contribution in [3.8, 4) is 11.3 Å². The van der Waals surface area contributed by atoms with Crippen LogP contribution in [-0.2, 0) is 19.7 Å². The summed E-state index contributed by atoms with van der Waals surface area (Å²) in [7, 11) is 0. The lowest BCUT2D eigenvalue weighted by molar-refractivity contribution is -0.138. The van der Waals surface area contributed by atoms with Gasteiger partial charge in [0.2, 0.25) is 11.8 Å². The van der Waals surface area contributed by atoms with Gasteiger partial charge in [-0.05, 0) is 135 Å². The smallest absolute Gasteiger partial charge is 0.410 e. The lowest BCUT2D eigenvalue weighted by Gasteiger charge is -2.48. The summed E-state index contributed by atoms with van der Waals surface area (Å²) in [6, 6.07) is 10.1. The van der Waals surface area contributed by atoms with Gasteiger partial charge in [-0.25, -0.2) is 14.8 Å². The van der Waals surface area contributed by atoms with Crippen LogP contribution in [0.2, 0.25) is 0 Å². The van der Waals surface area contributed by atoms with Crippen molar-refractivity contribution in [3.63, 3.8) is 0 Å². The van der Waals surface area contributed by atoms with Gasteiger partial charge in [0.1, 0.15) is 11.1 Å². The highest BCUT2D eigenvalue weighted by Crippen LogP contribution is 2.52. The van der Waals surface area contributed by atoms with Gasteiger partial charge in [0.25, 0.3) is 0 Å². The van der Waals surface area contributed by atoms with Crippen molar-refractivity contribution in [1.82, 2.24) is 29.2 Å². The minimum atomic E-state index is -0.643. The summed E-state index contributed by atoms with van der Waals surface area (Å²) in [4.78, 5) is 60.4. The fourth-order valence-corrected chi connectivity index (χ4v) is 10.4. The molecule has 2 aromatic heterocycles. The normalized spacial score (nSPS) is 24.7. The Bertz CT molecular complexity index is 2050. The number of imidazole rings is 1. The molecule has 312 valence electrons. The minimum Gasteiger partial charge on any atom is -0.444 e. The highest BCUT2D eigenvalue weighted by Gasteiger charge is 2.56. The molecule has 58 heavy (non-hydrogen) atoms. The first kappa shape index (κ1) is 39.3. The Labute approximate surface area is 344 Å². The van der Waals surface area contributed by atoms with Gasteiger partial charge in [-0.15, -0.1) is 0 Å². The number of nitrogens with one attached hydrogen (secondary N) is 1. The van der Waals surface area contributed by atoms with Crippen LogP contribution < -0.4 is 10.2 Å². The Morgan fingerprint density at radius 1 is 0.914 bits per heavy atom. The maximum atomic E-state index is 15.1. The molecular formula is C46H64N8O4. The molecule has 3 amide bonds. The third-order valence-corrected chi connectivity index (χ3v) is 14.3. The number of rotatable bonds is 8. The van der Waals surface area contributed by atoms with E-state index in [4.69, 9.17) is 14.7 Å². The van der Waals surface area contributed by atoms with Crippen molar-refractivity contribution < 1.29 is 19.1 Å². The molecule has 0 unspecified atom stereocenters. The molecule has 12 heteroatoms. The fraction of sp³-hybridized carbons (Fsp3) is 0.674. The number of amides is 3. The van der Waals surface area contributed by atoms with Crippen LogP contribution in [0.1, 0.15) is 130 Å². The molecule has 5 fully saturated rings. The summed E-state index contributed by atoms with van der Waals surface area (Å²) >= 11 is 0. The van der Waals surface area contributed by atoms with Crippen molar-refractivity contribution in [2.75, 3.05) is 49.5 Å². The zero-order valence-electron chi connectivity index (χ0n) is 35.7. The number of anilines is 2. The Kier molecular flexibility index (Phi) is 10.0. The van der Waals surface area contributed by atoms with Crippen LogP contribution in [0.4, 0.5) is 16.3 Å². The number of carbonyl (C=O) groups excluding carboxylic acids is 3. The summed E-state index contributed by atoms with van der Waals surface area (Å²) in [6.07, 6.45) is 13.0. The van der Waals surface area contributed by atoms with E-state index in [1.54, 1.807) is 4.90 Å².